The molecule has 8 nitrogen and oxygen atoms in total. The summed E-state index contributed by atoms with van der Waals surface area (Å²) in [5.41, 5.74) is 0.776. The van der Waals surface area contributed by atoms with Gasteiger partial charge in [-0.15, -0.1) is 0 Å². The maximum absolute atomic E-state index is 11.8. The van der Waals surface area contributed by atoms with Crippen molar-refractivity contribution in [2.24, 2.45) is 0 Å². The molecule has 8 heteroatoms. The minimum Gasteiger partial charge on any atom is -0.452 e. The number of urea groups is 1. The predicted octanol–water partition coefficient (Wildman–Crippen LogP) is 0.790. The van der Waals surface area contributed by atoms with Gasteiger partial charge in [-0.05, 0) is 37.1 Å². The molecule has 0 heterocycles. The molecule has 1 saturated carbocycles. The molecular weight excluding hydrogens is 302 g/mol. The molecule has 1 aromatic carbocycles. The molecule has 1 aliphatic rings. The van der Waals surface area contributed by atoms with Gasteiger partial charge in [0.2, 0.25) is 5.91 Å². The molecule has 1 aromatic rings. The fourth-order valence-corrected chi connectivity index (χ4v) is 1.72. The molecule has 1 aliphatic carbocycles. The van der Waals surface area contributed by atoms with E-state index in [0.717, 1.165) is 12.8 Å². The minimum atomic E-state index is -0.702. The van der Waals surface area contributed by atoms with Gasteiger partial charge in [-0.1, -0.05) is 0 Å². The molecule has 0 atom stereocenters. The van der Waals surface area contributed by atoms with Crippen LogP contribution in [-0.4, -0.2) is 36.5 Å². The largest absolute Gasteiger partial charge is 0.452 e. The second kappa shape index (κ2) is 7.39. The van der Waals surface area contributed by atoms with Crippen molar-refractivity contribution in [2.45, 2.75) is 25.8 Å². The Balaban J connectivity index is 1.75. The van der Waals surface area contributed by atoms with E-state index in [1.807, 2.05) is 0 Å². The maximum atomic E-state index is 11.8. The third-order valence-electron chi connectivity index (χ3n) is 2.94. The van der Waals surface area contributed by atoms with E-state index >= 15 is 0 Å². The first kappa shape index (κ1) is 16.5. The first-order chi connectivity index (χ1) is 10.9. The van der Waals surface area contributed by atoms with Gasteiger partial charge in [0, 0.05) is 18.7 Å². The highest BCUT2D eigenvalue weighted by molar-refractivity contribution is 5.97. The molecule has 2 rings (SSSR count). The van der Waals surface area contributed by atoms with Gasteiger partial charge < -0.3 is 15.4 Å². The molecule has 0 unspecified atom stereocenters. The van der Waals surface area contributed by atoms with Crippen LogP contribution in [0.1, 0.15) is 30.1 Å². The van der Waals surface area contributed by atoms with E-state index < -0.39 is 24.5 Å². The van der Waals surface area contributed by atoms with Crippen LogP contribution >= 0.6 is 0 Å². The fraction of sp³-hybridized carbons (Fsp3) is 0.333. The minimum absolute atomic E-state index is 0.132. The lowest BCUT2D eigenvalue weighted by atomic mass is 10.2. The molecule has 0 spiro atoms. The zero-order chi connectivity index (χ0) is 16.8. The summed E-state index contributed by atoms with van der Waals surface area (Å²) in [6.07, 6.45) is 1.82. The van der Waals surface area contributed by atoms with Gasteiger partial charge in [-0.3, -0.25) is 14.9 Å². The normalized spacial score (nSPS) is 12.9. The zero-order valence-electron chi connectivity index (χ0n) is 12.5. The van der Waals surface area contributed by atoms with Crippen LogP contribution in [-0.2, 0) is 14.3 Å². The number of carbonyl (C=O) groups excluding carboxylic acids is 4. The summed E-state index contributed by atoms with van der Waals surface area (Å²) in [6, 6.07) is 5.56. The van der Waals surface area contributed by atoms with Crippen LogP contribution in [0.15, 0.2) is 24.3 Å². The number of rotatable bonds is 5. The van der Waals surface area contributed by atoms with E-state index in [-0.39, 0.29) is 17.5 Å². The summed E-state index contributed by atoms with van der Waals surface area (Å²) in [5, 5.41) is 7.22. The highest BCUT2D eigenvalue weighted by Crippen LogP contribution is 2.18. The summed E-state index contributed by atoms with van der Waals surface area (Å²) in [5.74, 6) is -1.62. The van der Waals surface area contributed by atoms with Crippen LogP contribution < -0.4 is 16.0 Å². The number of amides is 4. The third kappa shape index (κ3) is 5.77. The summed E-state index contributed by atoms with van der Waals surface area (Å²) < 4.78 is 4.81. The van der Waals surface area contributed by atoms with E-state index in [1.165, 1.54) is 19.1 Å². The van der Waals surface area contributed by atoms with Crippen molar-refractivity contribution < 1.29 is 23.9 Å². The van der Waals surface area contributed by atoms with E-state index in [2.05, 4.69) is 16.0 Å². The molecule has 4 amide bonds. The van der Waals surface area contributed by atoms with Crippen molar-refractivity contribution in [3.63, 3.8) is 0 Å². The van der Waals surface area contributed by atoms with Crippen molar-refractivity contribution in [1.29, 1.82) is 0 Å². The average molecular weight is 319 g/mol. The zero-order valence-corrected chi connectivity index (χ0v) is 12.5. The van der Waals surface area contributed by atoms with Crippen LogP contribution in [0.5, 0.6) is 0 Å². The molecule has 3 N–H and O–H groups in total. The van der Waals surface area contributed by atoms with Gasteiger partial charge in [-0.2, -0.15) is 0 Å². The van der Waals surface area contributed by atoms with Gasteiger partial charge >= 0.3 is 12.0 Å². The first-order valence-electron chi connectivity index (χ1n) is 7.09. The molecule has 0 radical (unpaired) electrons. The number of hydrogen-bond acceptors (Lipinski definition) is 5. The summed E-state index contributed by atoms with van der Waals surface area (Å²) in [7, 11) is 0. The highest BCUT2D eigenvalue weighted by atomic mass is 16.5. The van der Waals surface area contributed by atoms with Crippen molar-refractivity contribution in [3.05, 3.63) is 29.8 Å². The van der Waals surface area contributed by atoms with Crippen LogP contribution in [0.25, 0.3) is 0 Å². The molecule has 0 bridgehead atoms. The lowest BCUT2D eigenvalue weighted by molar-refractivity contribution is -0.123. The lowest BCUT2D eigenvalue weighted by Gasteiger charge is -2.07. The van der Waals surface area contributed by atoms with Gasteiger partial charge in [0.1, 0.15) is 0 Å². The Morgan fingerprint density at radius 2 is 1.78 bits per heavy atom. The van der Waals surface area contributed by atoms with Gasteiger partial charge in [0.25, 0.3) is 5.91 Å². The van der Waals surface area contributed by atoms with Crippen LogP contribution in [0.4, 0.5) is 10.5 Å². The maximum Gasteiger partial charge on any atom is 0.338 e. The second-order valence-electron chi connectivity index (χ2n) is 5.13. The van der Waals surface area contributed by atoms with Crippen LogP contribution in [0.2, 0.25) is 0 Å². The molecule has 0 aromatic heterocycles. The Hall–Kier alpha value is -2.90. The molecule has 23 heavy (non-hydrogen) atoms. The standard InChI is InChI=1S/C15H17N3O5/c1-9(19)16-11-4-2-10(3-5-11)14(21)23-8-13(20)18-15(22)17-12-6-7-12/h2-5,12H,6-8H2,1H3,(H,16,19)(H2,17,18,20,22). The Labute approximate surface area is 132 Å². The number of ether oxygens (including phenoxy) is 1. The SMILES string of the molecule is CC(=O)Nc1ccc(C(=O)OCC(=O)NC(=O)NC2CC2)cc1. The van der Waals surface area contributed by atoms with Crippen LogP contribution in [0, 0.1) is 0 Å². The van der Waals surface area contributed by atoms with Crippen molar-refractivity contribution >= 4 is 29.5 Å². The predicted molar refractivity (Wildman–Crippen MR) is 80.7 cm³/mol. The Morgan fingerprint density at radius 1 is 1.13 bits per heavy atom. The Morgan fingerprint density at radius 3 is 2.35 bits per heavy atom. The third-order valence-corrected chi connectivity index (χ3v) is 2.94. The quantitative estimate of drug-likeness (QED) is 0.694. The van der Waals surface area contributed by atoms with E-state index in [9.17, 15) is 19.2 Å². The lowest BCUT2D eigenvalue weighted by Crippen LogP contribution is -2.42. The number of benzene rings is 1. The van der Waals surface area contributed by atoms with Crippen LogP contribution in [0.3, 0.4) is 0 Å². The first-order valence-corrected chi connectivity index (χ1v) is 7.09. The van der Waals surface area contributed by atoms with Gasteiger partial charge in [0.15, 0.2) is 6.61 Å². The molecule has 0 aliphatic heterocycles. The smallest absolute Gasteiger partial charge is 0.338 e. The highest BCUT2D eigenvalue weighted by Gasteiger charge is 2.24. The Bertz CT molecular complexity index is 623. The fourth-order valence-electron chi connectivity index (χ4n) is 1.72. The summed E-state index contributed by atoms with van der Waals surface area (Å²) in [4.78, 5) is 45.5. The van der Waals surface area contributed by atoms with Gasteiger partial charge in [0.05, 0.1) is 5.56 Å². The van der Waals surface area contributed by atoms with Gasteiger partial charge in [-0.25, -0.2) is 9.59 Å². The summed E-state index contributed by atoms with van der Waals surface area (Å²) in [6.45, 7) is 0.824. The molecule has 122 valence electrons. The number of carbonyl (C=O) groups is 4. The molecule has 1 fully saturated rings. The Kier molecular flexibility index (Phi) is 5.29. The van der Waals surface area contributed by atoms with Crippen molar-refractivity contribution in [1.82, 2.24) is 10.6 Å². The topological polar surface area (TPSA) is 114 Å². The summed E-state index contributed by atoms with van der Waals surface area (Å²) >= 11 is 0. The number of hydrogen-bond donors (Lipinski definition) is 3. The van der Waals surface area contributed by atoms with Crippen molar-refractivity contribution in [2.75, 3.05) is 11.9 Å². The number of anilines is 1. The van der Waals surface area contributed by atoms with E-state index in [4.69, 9.17) is 4.74 Å². The monoisotopic (exact) mass is 319 g/mol. The number of imide groups is 1. The van der Waals surface area contributed by atoms with E-state index in [1.54, 1.807) is 12.1 Å². The molecule has 0 saturated heterocycles. The van der Waals surface area contributed by atoms with Crippen molar-refractivity contribution in [3.8, 4) is 0 Å². The number of nitrogens with one attached hydrogen (secondary N) is 3. The number of esters is 1. The molecular formula is C15H17N3O5. The average Bonchev–Trinajstić information content (AvgIpc) is 3.28. The van der Waals surface area contributed by atoms with E-state index in [0.29, 0.717) is 5.69 Å². The second-order valence-corrected chi connectivity index (χ2v) is 5.13.